The second kappa shape index (κ2) is 8.19. The van der Waals surface area contributed by atoms with Crippen molar-refractivity contribution >= 4 is 17.7 Å². The molecule has 2 aromatic carbocycles. The van der Waals surface area contributed by atoms with Crippen LogP contribution in [0.15, 0.2) is 79.1 Å². The standard InChI is InChI=1S/C25H21N3O4/c29-24(30)13-21(22-14-26-23-11-5-6-12-28(22)23)27-25(31)32-15-20-18-9-3-1-7-16(18)17-8-2-4-10-19(17)20/h1-12,14,20-21H,13,15H2,(H,27,31)(H,29,30)/t21-/m0/s1. The number of carbonyl (C=O) groups is 2. The van der Waals surface area contributed by atoms with Gasteiger partial charge in [0.15, 0.2) is 0 Å². The molecule has 0 aliphatic heterocycles. The first-order valence-electron chi connectivity index (χ1n) is 10.4. The number of hydrogen-bond acceptors (Lipinski definition) is 4. The Hall–Kier alpha value is -4.13. The third kappa shape index (κ3) is 3.58. The van der Waals surface area contributed by atoms with Crippen LogP contribution in [0.1, 0.15) is 35.2 Å². The zero-order valence-corrected chi connectivity index (χ0v) is 17.1. The predicted molar refractivity (Wildman–Crippen MR) is 118 cm³/mol. The Labute approximate surface area is 184 Å². The lowest BCUT2D eigenvalue weighted by Gasteiger charge is -2.19. The average Bonchev–Trinajstić information content (AvgIpc) is 3.36. The highest BCUT2D eigenvalue weighted by Crippen LogP contribution is 2.44. The molecule has 2 heterocycles. The predicted octanol–water partition coefficient (Wildman–Crippen LogP) is 4.39. The summed E-state index contributed by atoms with van der Waals surface area (Å²) >= 11 is 0. The molecule has 2 aromatic heterocycles. The number of nitrogens with one attached hydrogen (secondary N) is 1. The zero-order chi connectivity index (χ0) is 22.1. The minimum Gasteiger partial charge on any atom is -0.481 e. The first-order valence-corrected chi connectivity index (χ1v) is 10.4. The molecule has 32 heavy (non-hydrogen) atoms. The van der Waals surface area contributed by atoms with Crippen molar-refractivity contribution in [1.82, 2.24) is 14.7 Å². The second-order valence-corrected chi connectivity index (χ2v) is 7.73. The van der Waals surface area contributed by atoms with Gasteiger partial charge in [-0.15, -0.1) is 0 Å². The summed E-state index contributed by atoms with van der Waals surface area (Å²) in [6.45, 7) is 0.160. The van der Waals surface area contributed by atoms with Crippen molar-refractivity contribution in [3.63, 3.8) is 0 Å². The number of imidazole rings is 1. The molecular formula is C25H21N3O4. The van der Waals surface area contributed by atoms with E-state index in [1.807, 2.05) is 54.6 Å². The Morgan fingerprint density at radius 1 is 1.00 bits per heavy atom. The van der Waals surface area contributed by atoms with Crippen LogP contribution < -0.4 is 5.32 Å². The number of fused-ring (bicyclic) bond motifs is 4. The maximum Gasteiger partial charge on any atom is 0.407 e. The van der Waals surface area contributed by atoms with Gasteiger partial charge in [0.25, 0.3) is 0 Å². The monoisotopic (exact) mass is 427 g/mol. The van der Waals surface area contributed by atoms with Crippen LogP contribution in [-0.4, -0.2) is 33.2 Å². The number of aliphatic carboxylic acids is 1. The molecule has 1 amide bonds. The van der Waals surface area contributed by atoms with Gasteiger partial charge in [-0.2, -0.15) is 0 Å². The lowest BCUT2D eigenvalue weighted by atomic mass is 9.98. The van der Waals surface area contributed by atoms with Crippen molar-refractivity contribution in [3.8, 4) is 11.1 Å². The summed E-state index contributed by atoms with van der Waals surface area (Å²) in [6, 6.07) is 20.9. The molecule has 7 heteroatoms. The SMILES string of the molecule is O=C(O)C[C@H](NC(=O)OCC1c2ccccc2-c2ccccc21)c1cnc2ccccn12. The molecule has 7 nitrogen and oxygen atoms in total. The molecule has 1 aliphatic carbocycles. The third-order valence-corrected chi connectivity index (χ3v) is 5.82. The van der Waals surface area contributed by atoms with Gasteiger partial charge < -0.3 is 19.6 Å². The largest absolute Gasteiger partial charge is 0.481 e. The van der Waals surface area contributed by atoms with Crippen molar-refractivity contribution in [2.45, 2.75) is 18.4 Å². The van der Waals surface area contributed by atoms with E-state index in [1.54, 1.807) is 16.8 Å². The number of rotatable bonds is 6. The highest BCUT2D eigenvalue weighted by molar-refractivity contribution is 5.79. The minimum absolute atomic E-state index is 0.0677. The van der Waals surface area contributed by atoms with Gasteiger partial charge in [0.05, 0.1) is 24.4 Å². The van der Waals surface area contributed by atoms with Crippen LogP contribution in [-0.2, 0) is 9.53 Å². The molecule has 160 valence electrons. The summed E-state index contributed by atoms with van der Waals surface area (Å²) in [5.74, 6) is -1.10. The number of carboxylic acid groups (broad SMARTS) is 1. The maximum atomic E-state index is 12.7. The highest BCUT2D eigenvalue weighted by atomic mass is 16.5. The topological polar surface area (TPSA) is 92.9 Å². The summed E-state index contributed by atoms with van der Waals surface area (Å²) in [4.78, 5) is 28.4. The number of nitrogens with zero attached hydrogens (tertiary/aromatic N) is 2. The Morgan fingerprint density at radius 3 is 2.34 bits per heavy atom. The van der Waals surface area contributed by atoms with E-state index in [0.29, 0.717) is 11.3 Å². The highest BCUT2D eigenvalue weighted by Gasteiger charge is 2.29. The Morgan fingerprint density at radius 2 is 1.66 bits per heavy atom. The van der Waals surface area contributed by atoms with Crippen molar-refractivity contribution in [2.24, 2.45) is 0 Å². The third-order valence-electron chi connectivity index (χ3n) is 5.82. The molecule has 0 saturated carbocycles. The number of pyridine rings is 1. The molecule has 1 aliphatic rings. The quantitative estimate of drug-likeness (QED) is 0.476. The lowest BCUT2D eigenvalue weighted by Crippen LogP contribution is -2.32. The van der Waals surface area contributed by atoms with Crippen LogP contribution in [0.5, 0.6) is 0 Å². The molecular weight excluding hydrogens is 406 g/mol. The summed E-state index contributed by atoms with van der Waals surface area (Å²) < 4.78 is 7.35. The van der Waals surface area contributed by atoms with Gasteiger partial charge in [-0.05, 0) is 34.4 Å². The fraction of sp³-hybridized carbons (Fsp3) is 0.160. The number of amides is 1. The van der Waals surface area contributed by atoms with Gasteiger partial charge in [-0.1, -0.05) is 54.6 Å². The molecule has 1 atom stereocenters. The number of hydrogen-bond donors (Lipinski definition) is 2. The van der Waals surface area contributed by atoms with Crippen molar-refractivity contribution in [1.29, 1.82) is 0 Å². The molecule has 2 N–H and O–H groups in total. The second-order valence-electron chi connectivity index (χ2n) is 7.73. The van der Waals surface area contributed by atoms with Gasteiger partial charge in [0, 0.05) is 12.1 Å². The van der Waals surface area contributed by atoms with Gasteiger partial charge in [-0.3, -0.25) is 4.79 Å². The summed E-state index contributed by atoms with van der Waals surface area (Å²) in [5, 5.41) is 12.1. The van der Waals surface area contributed by atoms with Gasteiger partial charge in [-0.25, -0.2) is 9.78 Å². The molecule has 4 aromatic rings. The van der Waals surface area contributed by atoms with Crippen LogP contribution >= 0.6 is 0 Å². The molecule has 0 saturated heterocycles. The fourth-order valence-corrected chi connectivity index (χ4v) is 4.40. The minimum atomic E-state index is -1.03. The molecule has 0 spiro atoms. The van der Waals surface area contributed by atoms with Crippen LogP contribution in [0, 0.1) is 0 Å². The zero-order valence-electron chi connectivity index (χ0n) is 17.1. The van der Waals surface area contributed by atoms with Gasteiger partial charge in [0.2, 0.25) is 0 Å². The van der Waals surface area contributed by atoms with Gasteiger partial charge in [0.1, 0.15) is 12.3 Å². The number of aromatic nitrogens is 2. The number of ether oxygens (including phenoxy) is 1. The van der Waals surface area contributed by atoms with E-state index in [-0.39, 0.29) is 18.9 Å². The molecule has 0 fully saturated rings. The van der Waals surface area contributed by atoms with Crippen molar-refractivity contribution in [2.75, 3.05) is 6.61 Å². The van der Waals surface area contributed by atoms with E-state index in [0.717, 1.165) is 22.3 Å². The first kappa shape index (κ1) is 19.8. The summed E-state index contributed by atoms with van der Waals surface area (Å²) in [5.41, 5.74) is 5.78. The molecule has 0 radical (unpaired) electrons. The smallest absolute Gasteiger partial charge is 0.407 e. The average molecular weight is 427 g/mol. The van der Waals surface area contributed by atoms with E-state index < -0.39 is 18.1 Å². The number of carbonyl (C=O) groups excluding carboxylic acids is 1. The van der Waals surface area contributed by atoms with E-state index in [1.165, 1.54) is 0 Å². The number of carboxylic acids is 1. The normalized spacial score (nSPS) is 13.4. The summed E-state index contributed by atoms with van der Waals surface area (Å²) in [6.07, 6.45) is 2.41. The van der Waals surface area contributed by atoms with E-state index in [2.05, 4.69) is 22.4 Å². The number of alkyl carbamates (subject to hydrolysis) is 1. The fourth-order valence-electron chi connectivity index (χ4n) is 4.40. The molecule has 5 rings (SSSR count). The van der Waals surface area contributed by atoms with E-state index >= 15 is 0 Å². The van der Waals surface area contributed by atoms with E-state index in [9.17, 15) is 14.7 Å². The first-order chi connectivity index (χ1) is 15.6. The van der Waals surface area contributed by atoms with Crippen molar-refractivity contribution in [3.05, 3.63) is 95.9 Å². The van der Waals surface area contributed by atoms with Crippen LogP contribution in [0.25, 0.3) is 16.8 Å². The molecule has 0 unspecified atom stereocenters. The molecule has 0 bridgehead atoms. The summed E-state index contributed by atoms with van der Waals surface area (Å²) in [7, 11) is 0. The Kier molecular flexibility index (Phi) is 5.07. The number of benzene rings is 2. The Balaban J connectivity index is 1.34. The lowest BCUT2D eigenvalue weighted by molar-refractivity contribution is -0.137. The van der Waals surface area contributed by atoms with Gasteiger partial charge >= 0.3 is 12.1 Å². The van der Waals surface area contributed by atoms with Crippen LogP contribution in [0.4, 0.5) is 4.79 Å². The Bertz CT molecular complexity index is 1270. The van der Waals surface area contributed by atoms with E-state index in [4.69, 9.17) is 4.74 Å². The maximum absolute atomic E-state index is 12.7. The van der Waals surface area contributed by atoms with Crippen LogP contribution in [0.2, 0.25) is 0 Å². The van der Waals surface area contributed by atoms with Crippen LogP contribution in [0.3, 0.4) is 0 Å². The van der Waals surface area contributed by atoms with Crippen molar-refractivity contribution < 1.29 is 19.4 Å².